The molecule has 1 fully saturated rings. The molecule has 0 spiro atoms. The average Bonchev–Trinajstić information content (AvgIpc) is 2.84. The smallest absolute Gasteiger partial charge is 0.0394 e. The van der Waals surface area contributed by atoms with E-state index in [9.17, 15) is 0 Å². The van der Waals surface area contributed by atoms with Gasteiger partial charge in [-0.1, -0.05) is 19.1 Å². The molecule has 1 aliphatic rings. The van der Waals surface area contributed by atoms with Crippen LogP contribution in [-0.4, -0.2) is 44.7 Å². The Balaban J connectivity index is 1.95. The molecule has 1 N–H and O–H groups in total. The van der Waals surface area contributed by atoms with Crippen LogP contribution in [0.4, 0.5) is 5.69 Å². The number of nitrogens with one attached hydrogen (secondary N) is 1. The van der Waals surface area contributed by atoms with Gasteiger partial charge < -0.3 is 15.1 Å². The van der Waals surface area contributed by atoms with Crippen LogP contribution in [0.2, 0.25) is 0 Å². The highest BCUT2D eigenvalue weighted by Crippen LogP contribution is 2.23. The number of anilines is 1. The monoisotopic (exact) mass is 289 g/mol. The molecule has 1 atom stereocenters. The van der Waals surface area contributed by atoms with E-state index < -0.39 is 0 Å². The molecule has 2 rings (SSSR count). The predicted molar refractivity (Wildman–Crippen MR) is 92.1 cm³/mol. The lowest BCUT2D eigenvalue weighted by Gasteiger charge is -2.28. The van der Waals surface area contributed by atoms with Gasteiger partial charge in [0, 0.05) is 31.9 Å². The standard InChI is InChI=1S/C18H31N3/c1-5-10-19-13-16-8-9-18(15(2)12-16)21(4)14-17-7-6-11-20(17)3/h8-9,12,17,19H,5-7,10-11,13-14H2,1-4H3. The molecule has 0 saturated carbocycles. The number of likely N-dealkylation sites (N-methyl/N-ethyl adjacent to an activating group) is 2. The fourth-order valence-corrected chi connectivity index (χ4v) is 3.29. The molecule has 1 heterocycles. The van der Waals surface area contributed by atoms with Gasteiger partial charge in [-0.25, -0.2) is 0 Å². The second kappa shape index (κ2) is 7.81. The van der Waals surface area contributed by atoms with Crippen molar-refractivity contribution in [1.29, 1.82) is 0 Å². The van der Waals surface area contributed by atoms with E-state index >= 15 is 0 Å². The van der Waals surface area contributed by atoms with Crippen LogP contribution in [0.15, 0.2) is 18.2 Å². The molecule has 0 aliphatic carbocycles. The fraction of sp³-hybridized carbons (Fsp3) is 0.667. The summed E-state index contributed by atoms with van der Waals surface area (Å²) in [6.45, 7) is 8.88. The predicted octanol–water partition coefficient (Wildman–Crippen LogP) is 3.03. The van der Waals surface area contributed by atoms with Crippen molar-refractivity contribution < 1.29 is 0 Å². The van der Waals surface area contributed by atoms with E-state index in [-0.39, 0.29) is 0 Å². The lowest BCUT2D eigenvalue weighted by molar-refractivity contribution is 0.314. The first-order chi connectivity index (χ1) is 10.1. The largest absolute Gasteiger partial charge is 0.373 e. The number of rotatable bonds is 7. The van der Waals surface area contributed by atoms with Gasteiger partial charge in [-0.05, 0) is 63.5 Å². The zero-order chi connectivity index (χ0) is 15.2. The Morgan fingerprint density at radius 1 is 1.38 bits per heavy atom. The minimum Gasteiger partial charge on any atom is -0.373 e. The molecular weight excluding hydrogens is 258 g/mol. The zero-order valence-corrected chi connectivity index (χ0v) is 14.2. The van der Waals surface area contributed by atoms with Gasteiger partial charge in [0.05, 0.1) is 0 Å². The Kier molecular flexibility index (Phi) is 6.07. The van der Waals surface area contributed by atoms with Crippen molar-refractivity contribution in [2.75, 3.05) is 38.6 Å². The molecule has 1 aliphatic heterocycles. The molecule has 118 valence electrons. The number of likely N-dealkylation sites (tertiary alicyclic amines) is 1. The maximum absolute atomic E-state index is 3.47. The maximum Gasteiger partial charge on any atom is 0.0394 e. The van der Waals surface area contributed by atoms with Crippen molar-refractivity contribution >= 4 is 5.69 Å². The minimum absolute atomic E-state index is 0.709. The Labute approximate surface area is 130 Å². The second-order valence-electron chi connectivity index (χ2n) is 6.45. The van der Waals surface area contributed by atoms with Crippen molar-refractivity contribution in [2.24, 2.45) is 0 Å². The zero-order valence-electron chi connectivity index (χ0n) is 14.2. The van der Waals surface area contributed by atoms with E-state index in [1.807, 2.05) is 0 Å². The van der Waals surface area contributed by atoms with Gasteiger partial charge in [0.1, 0.15) is 0 Å². The van der Waals surface area contributed by atoms with Crippen LogP contribution in [0.25, 0.3) is 0 Å². The van der Waals surface area contributed by atoms with Crippen LogP contribution < -0.4 is 10.2 Å². The van der Waals surface area contributed by atoms with Crippen LogP contribution in [0.1, 0.15) is 37.3 Å². The van der Waals surface area contributed by atoms with Crippen molar-refractivity contribution in [3.05, 3.63) is 29.3 Å². The van der Waals surface area contributed by atoms with Crippen LogP contribution in [0, 0.1) is 6.92 Å². The molecule has 1 aromatic rings. The number of hydrogen-bond donors (Lipinski definition) is 1. The summed E-state index contributed by atoms with van der Waals surface area (Å²) in [5.41, 5.74) is 4.14. The molecule has 0 amide bonds. The average molecular weight is 289 g/mol. The van der Waals surface area contributed by atoms with E-state index in [2.05, 4.69) is 61.3 Å². The highest BCUT2D eigenvalue weighted by molar-refractivity contribution is 5.54. The Morgan fingerprint density at radius 2 is 2.19 bits per heavy atom. The molecule has 0 radical (unpaired) electrons. The third-order valence-corrected chi connectivity index (χ3v) is 4.58. The first kappa shape index (κ1) is 16.3. The number of hydrogen-bond acceptors (Lipinski definition) is 3. The lowest BCUT2D eigenvalue weighted by atomic mass is 10.1. The van der Waals surface area contributed by atoms with Gasteiger partial charge in [-0.3, -0.25) is 0 Å². The first-order valence-electron chi connectivity index (χ1n) is 8.33. The second-order valence-corrected chi connectivity index (χ2v) is 6.45. The molecule has 1 saturated heterocycles. The fourth-order valence-electron chi connectivity index (χ4n) is 3.29. The van der Waals surface area contributed by atoms with Gasteiger partial charge in [0.15, 0.2) is 0 Å². The topological polar surface area (TPSA) is 18.5 Å². The molecule has 1 aromatic carbocycles. The molecule has 0 aromatic heterocycles. The van der Waals surface area contributed by atoms with Gasteiger partial charge in [0.25, 0.3) is 0 Å². The van der Waals surface area contributed by atoms with E-state index in [0.29, 0.717) is 6.04 Å². The Hall–Kier alpha value is -1.06. The Bertz CT molecular complexity index is 444. The number of nitrogens with zero attached hydrogens (tertiary/aromatic N) is 2. The SMILES string of the molecule is CCCNCc1ccc(N(C)CC2CCCN2C)c(C)c1. The molecule has 0 bridgehead atoms. The maximum atomic E-state index is 3.47. The van der Waals surface area contributed by atoms with Crippen LogP contribution >= 0.6 is 0 Å². The normalized spacial score (nSPS) is 19.1. The lowest BCUT2D eigenvalue weighted by Crippen LogP contribution is -2.36. The Morgan fingerprint density at radius 3 is 2.81 bits per heavy atom. The van der Waals surface area contributed by atoms with Crippen molar-refractivity contribution in [3.8, 4) is 0 Å². The van der Waals surface area contributed by atoms with E-state index in [1.54, 1.807) is 0 Å². The molecule has 1 unspecified atom stereocenters. The van der Waals surface area contributed by atoms with Gasteiger partial charge in [0.2, 0.25) is 0 Å². The summed E-state index contributed by atoms with van der Waals surface area (Å²) < 4.78 is 0. The summed E-state index contributed by atoms with van der Waals surface area (Å²) in [7, 11) is 4.48. The summed E-state index contributed by atoms with van der Waals surface area (Å²) in [4.78, 5) is 4.92. The highest BCUT2D eigenvalue weighted by Gasteiger charge is 2.22. The summed E-state index contributed by atoms with van der Waals surface area (Å²) >= 11 is 0. The summed E-state index contributed by atoms with van der Waals surface area (Å²) in [6, 6.07) is 7.58. The summed E-state index contributed by atoms with van der Waals surface area (Å²) in [5.74, 6) is 0. The van der Waals surface area contributed by atoms with Gasteiger partial charge in [-0.15, -0.1) is 0 Å². The van der Waals surface area contributed by atoms with Crippen molar-refractivity contribution in [2.45, 2.75) is 45.7 Å². The molecule has 3 nitrogen and oxygen atoms in total. The van der Waals surface area contributed by atoms with Crippen LogP contribution in [0.5, 0.6) is 0 Å². The molecule has 21 heavy (non-hydrogen) atoms. The quantitative estimate of drug-likeness (QED) is 0.778. The first-order valence-corrected chi connectivity index (χ1v) is 8.33. The van der Waals surface area contributed by atoms with Crippen LogP contribution in [0.3, 0.4) is 0 Å². The number of aryl methyl sites for hydroxylation is 1. The highest BCUT2D eigenvalue weighted by atomic mass is 15.2. The van der Waals surface area contributed by atoms with E-state index in [1.165, 1.54) is 42.6 Å². The van der Waals surface area contributed by atoms with Gasteiger partial charge >= 0.3 is 0 Å². The molecule has 3 heteroatoms. The third-order valence-electron chi connectivity index (χ3n) is 4.58. The molecular formula is C18H31N3. The van der Waals surface area contributed by atoms with Crippen LogP contribution in [-0.2, 0) is 6.54 Å². The van der Waals surface area contributed by atoms with Crippen molar-refractivity contribution in [1.82, 2.24) is 10.2 Å². The summed E-state index contributed by atoms with van der Waals surface area (Å²) in [6.07, 6.45) is 3.86. The van der Waals surface area contributed by atoms with E-state index in [4.69, 9.17) is 0 Å². The van der Waals surface area contributed by atoms with Gasteiger partial charge in [-0.2, -0.15) is 0 Å². The third kappa shape index (κ3) is 4.45. The van der Waals surface area contributed by atoms with E-state index in [0.717, 1.165) is 19.6 Å². The number of benzene rings is 1. The summed E-state index contributed by atoms with van der Waals surface area (Å²) in [5, 5.41) is 3.47. The van der Waals surface area contributed by atoms with Crippen molar-refractivity contribution in [3.63, 3.8) is 0 Å². The minimum atomic E-state index is 0.709.